The molecular formula is C9H9F2N3O. The molecule has 1 aromatic rings. The van der Waals surface area contributed by atoms with Gasteiger partial charge in [0.05, 0.1) is 6.21 Å². The molecule has 4 nitrogen and oxygen atoms in total. The van der Waals surface area contributed by atoms with Gasteiger partial charge in [0.25, 0.3) is 6.43 Å². The fourth-order valence-corrected chi connectivity index (χ4v) is 0.898. The Morgan fingerprint density at radius 1 is 1.40 bits per heavy atom. The molecule has 6 heteroatoms. The van der Waals surface area contributed by atoms with Gasteiger partial charge in [-0.25, -0.2) is 19.0 Å². The van der Waals surface area contributed by atoms with Gasteiger partial charge in [0.15, 0.2) is 0 Å². The number of hydrogen-bond acceptors (Lipinski definition) is 2. The number of rotatable bonds is 3. The predicted molar refractivity (Wildman–Crippen MR) is 51.7 cm³/mol. The van der Waals surface area contributed by atoms with E-state index in [0.29, 0.717) is 5.56 Å². The number of nitrogens with zero attached hydrogens (tertiary/aromatic N) is 1. The first-order chi connectivity index (χ1) is 7.09. The Bertz CT molecular complexity index is 362. The molecule has 0 unspecified atom stereocenters. The van der Waals surface area contributed by atoms with Gasteiger partial charge in [-0.1, -0.05) is 24.3 Å². The van der Waals surface area contributed by atoms with E-state index in [2.05, 4.69) is 5.10 Å². The van der Waals surface area contributed by atoms with Crippen LogP contribution in [0, 0.1) is 0 Å². The summed E-state index contributed by atoms with van der Waals surface area (Å²) < 4.78 is 24.3. The second-order valence-corrected chi connectivity index (χ2v) is 2.70. The molecule has 0 fully saturated rings. The maximum Gasteiger partial charge on any atom is 0.332 e. The van der Waals surface area contributed by atoms with Crippen molar-refractivity contribution in [2.45, 2.75) is 6.43 Å². The molecule has 0 aliphatic heterocycles. The van der Waals surface area contributed by atoms with Crippen molar-refractivity contribution in [1.82, 2.24) is 5.43 Å². The van der Waals surface area contributed by atoms with E-state index in [1.165, 1.54) is 30.5 Å². The van der Waals surface area contributed by atoms with Gasteiger partial charge in [-0.2, -0.15) is 5.10 Å². The lowest BCUT2D eigenvalue weighted by molar-refractivity contribution is 0.151. The molecule has 0 atom stereocenters. The van der Waals surface area contributed by atoms with Crippen LogP contribution in [0.1, 0.15) is 17.6 Å². The number of primary amides is 1. The van der Waals surface area contributed by atoms with Crippen LogP contribution in [-0.4, -0.2) is 12.2 Å². The van der Waals surface area contributed by atoms with Crippen LogP contribution in [0.2, 0.25) is 0 Å². The summed E-state index contributed by atoms with van der Waals surface area (Å²) in [6, 6.07) is 4.73. The highest BCUT2D eigenvalue weighted by Crippen LogP contribution is 2.17. The summed E-state index contributed by atoms with van der Waals surface area (Å²) in [7, 11) is 0. The molecule has 0 aliphatic carbocycles. The van der Waals surface area contributed by atoms with Crippen LogP contribution >= 0.6 is 0 Å². The van der Waals surface area contributed by atoms with Gasteiger partial charge in [-0.05, 0) is 5.56 Å². The van der Waals surface area contributed by atoms with Gasteiger partial charge in [-0.3, -0.25) is 0 Å². The van der Waals surface area contributed by atoms with E-state index in [9.17, 15) is 13.6 Å². The molecule has 2 amide bonds. The molecule has 0 aromatic heterocycles. The van der Waals surface area contributed by atoms with E-state index in [1.54, 1.807) is 0 Å². The summed E-state index contributed by atoms with van der Waals surface area (Å²) in [6.07, 6.45) is -1.18. The average Bonchev–Trinajstić information content (AvgIpc) is 2.18. The van der Waals surface area contributed by atoms with Crippen LogP contribution in [0.3, 0.4) is 0 Å². The second kappa shape index (κ2) is 5.04. The molecule has 3 N–H and O–H groups in total. The van der Waals surface area contributed by atoms with Crippen LogP contribution in [0.25, 0.3) is 0 Å². The van der Waals surface area contributed by atoms with E-state index in [1.807, 2.05) is 5.43 Å². The number of urea groups is 1. The van der Waals surface area contributed by atoms with Crippen LogP contribution in [0.15, 0.2) is 29.4 Å². The van der Waals surface area contributed by atoms with Crippen molar-refractivity contribution >= 4 is 12.2 Å². The number of alkyl halides is 2. The van der Waals surface area contributed by atoms with Crippen LogP contribution in [-0.2, 0) is 0 Å². The molecule has 1 aromatic carbocycles. The number of halogens is 2. The lowest BCUT2D eigenvalue weighted by atomic mass is 10.1. The molecule has 0 bridgehead atoms. The van der Waals surface area contributed by atoms with Crippen molar-refractivity contribution < 1.29 is 13.6 Å². The highest BCUT2D eigenvalue weighted by Gasteiger charge is 2.04. The predicted octanol–water partition coefficient (Wildman–Crippen LogP) is 1.63. The minimum atomic E-state index is -2.49. The minimum absolute atomic E-state index is 0.0602. The number of nitrogens with two attached hydrogens (primary N) is 1. The minimum Gasteiger partial charge on any atom is -0.350 e. The zero-order chi connectivity index (χ0) is 11.3. The standard InChI is InChI=1S/C9H9F2N3O/c10-8(11)7-3-1-6(2-4-7)5-13-14-9(12)15/h1-5,8H,(H3,12,14,15)/b13-5+. The zero-order valence-electron chi connectivity index (χ0n) is 7.65. The van der Waals surface area contributed by atoms with Gasteiger partial charge in [0.1, 0.15) is 0 Å². The number of carbonyl (C=O) groups is 1. The Hall–Kier alpha value is -1.98. The molecule has 1 rings (SSSR count). The molecular weight excluding hydrogens is 204 g/mol. The molecule has 0 heterocycles. The quantitative estimate of drug-likeness (QED) is 0.581. The van der Waals surface area contributed by atoms with Crippen molar-refractivity contribution in [1.29, 1.82) is 0 Å². The third-order valence-electron chi connectivity index (χ3n) is 1.58. The van der Waals surface area contributed by atoms with E-state index >= 15 is 0 Å². The monoisotopic (exact) mass is 213 g/mol. The third kappa shape index (κ3) is 3.72. The summed E-state index contributed by atoms with van der Waals surface area (Å²) >= 11 is 0. The first-order valence-corrected chi connectivity index (χ1v) is 4.06. The first-order valence-electron chi connectivity index (χ1n) is 4.06. The Balaban J connectivity index is 2.64. The molecule has 0 spiro atoms. The summed E-state index contributed by atoms with van der Waals surface area (Å²) in [5.41, 5.74) is 7.28. The SMILES string of the molecule is NC(=O)N/N=C/c1ccc(C(F)F)cc1. The number of benzene rings is 1. The Kier molecular flexibility index (Phi) is 3.73. The molecule has 0 saturated heterocycles. The number of carbonyl (C=O) groups excluding carboxylic acids is 1. The van der Waals surface area contributed by atoms with Gasteiger partial charge < -0.3 is 5.73 Å². The fraction of sp³-hybridized carbons (Fsp3) is 0.111. The summed E-state index contributed by atoms with van der Waals surface area (Å²) in [6.45, 7) is 0. The van der Waals surface area contributed by atoms with E-state index in [-0.39, 0.29) is 5.56 Å². The zero-order valence-corrected chi connectivity index (χ0v) is 7.65. The number of amides is 2. The Morgan fingerprint density at radius 3 is 2.47 bits per heavy atom. The molecule has 0 radical (unpaired) electrons. The van der Waals surface area contributed by atoms with Gasteiger partial charge in [0, 0.05) is 5.56 Å². The van der Waals surface area contributed by atoms with E-state index in [4.69, 9.17) is 5.73 Å². The Labute approximate surface area is 84.8 Å². The summed E-state index contributed by atoms with van der Waals surface area (Å²) in [4.78, 5) is 10.2. The fourth-order valence-electron chi connectivity index (χ4n) is 0.898. The number of hydrogen-bond donors (Lipinski definition) is 2. The van der Waals surface area contributed by atoms with Crippen molar-refractivity contribution in [3.8, 4) is 0 Å². The highest BCUT2D eigenvalue weighted by atomic mass is 19.3. The van der Waals surface area contributed by atoms with Crippen molar-refractivity contribution in [2.75, 3.05) is 0 Å². The van der Waals surface area contributed by atoms with Crippen LogP contribution in [0.5, 0.6) is 0 Å². The lowest BCUT2D eigenvalue weighted by Gasteiger charge is -1.98. The molecule has 0 aliphatic rings. The summed E-state index contributed by atoms with van der Waals surface area (Å²) in [5.74, 6) is 0. The molecule has 15 heavy (non-hydrogen) atoms. The van der Waals surface area contributed by atoms with Crippen LogP contribution in [0.4, 0.5) is 13.6 Å². The Morgan fingerprint density at radius 2 is 2.00 bits per heavy atom. The van der Waals surface area contributed by atoms with Crippen molar-refractivity contribution in [3.63, 3.8) is 0 Å². The lowest BCUT2D eigenvalue weighted by Crippen LogP contribution is -2.24. The van der Waals surface area contributed by atoms with Gasteiger partial charge >= 0.3 is 6.03 Å². The normalized spacial score (nSPS) is 10.9. The topological polar surface area (TPSA) is 67.5 Å². The maximum atomic E-state index is 12.1. The largest absolute Gasteiger partial charge is 0.350 e. The third-order valence-corrected chi connectivity index (χ3v) is 1.58. The molecule has 80 valence electrons. The van der Waals surface area contributed by atoms with Crippen molar-refractivity contribution in [2.24, 2.45) is 10.8 Å². The van der Waals surface area contributed by atoms with Crippen molar-refractivity contribution in [3.05, 3.63) is 35.4 Å². The second-order valence-electron chi connectivity index (χ2n) is 2.70. The first kappa shape index (κ1) is 11.1. The maximum absolute atomic E-state index is 12.1. The van der Waals surface area contributed by atoms with Gasteiger partial charge in [-0.15, -0.1) is 0 Å². The van der Waals surface area contributed by atoms with Crippen LogP contribution < -0.4 is 11.2 Å². The number of hydrazone groups is 1. The smallest absolute Gasteiger partial charge is 0.332 e. The summed E-state index contributed by atoms with van der Waals surface area (Å²) in [5, 5.41) is 3.48. The number of nitrogens with one attached hydrogen (secondary N) is 1. The van der Waals surface area contributed by atoms with Gasteiger partial charge in [0.2, 0.25) is 0 Å². The van der Waals surface area contributed by atoms with E-state index in [0.717, 1.165) is 0 Å². The highest BCUT2D eigenvalue weighted by molar-refractivity contribution is 5.81. The average molecular weight is 213 g/mol. The molecule has 0 saturated carbocycles. The van der Waals surface area contributed by atoms with E-state index < -0.39 is 12.5 Å².